The summed E-state index contributed by atoms with van der Waals surface area (Å²) in [6.45, 7) is 7.50. The minimum Gasteiger partial charge on any atom is -0.304 e. The molecule has 0 aliphatic heterocycles. The van der Waals surface area contributed by atoms with Crippen molar-refractivity contribution in [1.82, 2.24) is 4.90 Å². The van der Waals surface area contributed by atoms with Crippen molar-refractivity contribution < 1.29 is 0 Å². The van der Waals surface area contributed by atoms with E-state index in [1.165, 1.54) is 18.6 Å². The molecule has 1 unspecified atom stereocenters. The summed E-state index contributed by atoms with van der Waals surface area (Å²) in [5.41, 5.74) is -0.150. The monoisotopic (exact) mass is 256 g/mol. The highest BCUT2D eigenvalue weighted by molar-refractivity contribution is 7.98. The maximum atomic E-state index is 8.93. The van der Waals surface area contributed by atoms with Gasteiger partial charge in [-0.3, -0.25) is 0 Å². The predicted molar refractivity (Wildman–Crippen MR) is 78.3 cm³/mol. The average molecular weight is 256 g/mol. The summed E-state index contributed by atoms with van der Waals surface area (Å²) in [7, 11) is 2.21. The zero-order chi connectivity index (χ0) is 13.3. The van der Waals surface area contributed by atoms with Gasteiger partial charge < -0.3 is 4.90 Å². The topological polar surface area (TPSA) is 27.0 Å². The van der Waals surface area contributed by atoms with Crippen molar-refractivity contribution in [1.29, 1.82) is 5.26 Å². The lowest BCUT2D eigenvalue weighted by Gasteiger charge is -2.25. The molecule has 2 nitrogen and oxygen atoms in total. The molecular formula is C14H28N2S. The van der Waals surface area contributed by atoms with Crippen LogP contribution in [0.25, 0.3) is 0 Å². The van der Waals surface area contributed by atoms with Gasteiger partial charge in [-0.05, 0) is 65.6 Å². The van der Waals surface area contributed by atoms with E-state index >= 15 is 0 Å². The number of unbranched alkanes of at least 4 members (excludes halogenated alkanes) is 1. The first kappa shape index (κ1) is 16.8. The summed E-state index contributed by atoms with van der Waals surface area (Å²) in [5.74, 6) is 1.24. The van der Waals surface area contributed by atoms with Gasteiger partial charge in [-0.15, -0.1) is 0 Å². The van der Waals surface area contributed by atoms with Crippen molar-refractivity contribution in [3.8, 4) is 6.07 Å². The fourth-order valence-electron chi connectivity index (χ4n) is 1.71. The van der Waals surface area contributed by atoms with Crippen LogP contribution in [0.5, 0.6) is 0 Å². The van der Waals surface area contributed by atoms with Crippen molar-refractivity contribution in [3.05, 3.63) is 0 Å². The van der Waals surface area contributed by atoms with Crippen LogP contribution in [0.3, 0.4) is 0 Å². The second-order valence-electron chi connectivity index (χ2n) is 5.56. The van der Waals surface area contributed by atoms with Crippen LogP contribution in [0, 0.1) is 16.7 Å². The van der Waals surface area contributed by atoms with Crippen LogP contribution in [0.4, 0.5) is 0 Å². The zero-order valence-electron chi connectivity index (χ0n) is 12.1. The van der Waals surface area contributed by atoms with Gasteiger partial charge in [0.15, 0.2) is 0 Å². The molecule has 0 saturated carbocycles. The van der Waals surface area contributed by atoms with Crippen molar-refractivity contribution in [2.45, 2.75) is 52.5 Å². The number of rotatable bonds is 9. The van der Waals surface area contributed by atoms with Crippen LogP contribution in [0.15, 0.2) is 0 Å². The van der Waals surface area contributed by atoms with E-state index in [1.807, 2.05) is 25.6 Å². The average Bonchev–Trinajstić information content (AvgIpc) is 2.31. The van der Waals surface area contributed by atoms with Crippen LogP contribution < -0.4 is 0 Å². The number of hydrogen-bond acceptors (Lipinski definition) is 3. The molecule has 0 fully saturated rings. The lowest BCUT2D eigenvalue weighted by atomic mass is 9.89. The Balaban J connectivity index is 3.64. The largest absolute Gasteiger partial charge is 0.304 e. The van der Waals surface area contributed by atoms with Gasteiger partial charge in [-0.25, -0.2) is 0 Å². The normalized spacial score (nSPS) is 13.7. The Labute approximate surface area is 112 Å². The SMILES string of the molecule is CSCCC(C)N(C)CCCCC(C)(C)C#N. The van der Waals surface area contributed by atoms with Gasteiger partial charge in [0.05, 0.1) is 11.5 Å². The van der Waals surface area contributed by atoms with Gasteiger partial charge >= 0.3 is 0 Å². The van der Waals surface area contributed by atoms with E-state index in [2.05, 4.69) is 31.2 Å². The highest BCUT2D eigenvalue weighted by Crippen LogP contribution is 2.21. The molecular weight excluding hydrogens is 228 g/mol. The highest BCUT2D eigenvalue weighted by atomic mass is 32.2. The first-order chi connectivity index (χ1) is 7.93. The summed E-state index contributed by atoms with van der Waals surface area (Å²) in [5, 5.41) is 8.93. The van der Waals surface area contributed by atoms with Crippen LogP contribution >= 0.6 is 11.8 Å². The second-order valence-corrected chi connectivity index (χ2v) is 6.55. The van der Waals surface area contributed by atoms with Gasteiger partial charge in [0.2, 0.25) is 0 Å². The zero-order valence-corrected chi connectivity index (χ0v) is 12.9. The molecule has 0 amide bonds. The number of nitriles is 1. The quantitative estimate of drug-likeness (QED) is 0.587. The third-order valence-corrected chi connectivity index (χ3v) is 4.00. The molecule has 0 aromatic heterocycles. The van der Waals surface area contributed by atoms with Crippen LogP contribution in [-0.4, -0.2) is 36.5 Å². The molecule has 100 valence electrons. The fraction of sp³-hybridized carbons (Fsp3) is 0.929. The maximum Gasteiger partial charge on any atom is 0.0683 e. The molecule has 0 aromatic rings. The second kappa shape index (κ2) is 8.83. The Morgan fingerprint density at radius 1 is 1.35 bits per heavy atom. The molecule has 0 aliphatic rings. The number of nitrogens with zero attached hydrogens (tertiary/aromatic N) is 2. The first-order valence-electron chi connectivity index (χ1n) is 6.53. The fourth-order valence-corrected chi connectivity index (χ4v) is 2.29. The Morgan fingerprint density at radius 2 is 2.00 bits per heavy atom. The molecule has 1 atom stereocenters. The lowest BCUT2D eigenvalue weighted by Crippen LogP contribution is -2.30. The van der Waals surface area contributed by atoms with Crippen molar-refractivity contribution >= 4 is 11.8 Å². The van der Waals surface area contributed by atoms with E-state index in [4.69, 9.17) is 5.26 Å². The number of thioether (sulfide) groups is 1. The molecule has 0 radical (unpaired) electrons. The van der Waals surface area contributed by atoms with E-state index in [-0.39, 0.29) is 5.41 Å². The Hall–Kier alpha value is -0.200. The highest BCUT2D eigenvalue weighted by Gasteiger charge is 2.16. The van der Waals surface area contributed by atoms with E-state index < -0.39 is 0 Å². The Morgan fingerprint density at radius 3 is 2.53 bits per heavy atom. The van der Waals surface area contributed by atoms with Gasteiger partial charge in [0.25, 0.3) is 0 Å². The van der Waals surface area contributed by atoms with Crippen molar-refractivity contribution in [2.24, 2.45) is 5.41 Å². The van der Waals surface area contributed by atoms with Gasteiger partial charge in [0.1, 0.15) is 0 Å². The maximum absolute atomic E-state index is 8.93. The Kier molecular flexibility index (Phi) is 8.72. The molecule has 0 saturated heterocycles. The molecule has 0 bridgehead atoms. The minimum absolute atomic E-state index is 0.150. The molecule has 0 spiro atoms. The van der Waals surface area contributed by atoms with E-state index in [9.17, 15) is 0 Å². The standard InChI is InChI=1S/C14H28N2S/c1-13(8-11-17-5)16(4)10-7-6-9-14(2,3)12-15/h13H,6-11H2,1-5H3. The Bertz CT molecular complexity index is 233. The number of hydrogen-bond donors (Lipinski definition) is 0. The van der Waals surface area contributed by atoms with Crippen molar-refractivity contribution in [3.63, 3.8) is 0 Å². The molecule has 3 heteroatoms. The molecule has 0 heterocycles. The van der Waals surface area contributed by atoms with Crippen LogP contribution in [0.1, 0.15) is 46.5 Å². The minimum atomic E-state index is -0.150. The van der Waals surface area contributed by atoms with Crippen LogP contribution in [0.2, 0.25) is 0 Å². The summed E-state index contributed by atoms with van der Waals surface area (Å²) in [4.78, 5) is 2.44. The molecule has 0 aromatic carbocycles. The van der Waals surface area contributed by atoms with Gasteiger partial charge in [-0.2, -0.15) is 17.0 Å². The lowest BCUT2D eigenvalue weighted by molar-refractivity contribution is 0.244. The molecule has 0 aliphatic carbocycles. The van der Waals surface area contributed by atoms with E-state index in [0.717, 1.165) is 19.4 Å². The molecule has 0 N–H and O–H groups in total. The van der Waals surface area contributed by atoms with E-state index in [1.54, 1.807) is 0 Å². The summed E-state index contributed by atoms with van der Waals surface area (Å²) in [6.07, 6.45) is 6.79. The summed E-state index contributed by atoms with van der Waals surface area (Å²) in [6, 6.07) is 3.04. The third kappa shape index (κ3) is 8.51. The molecule has 17 heavy (non-hydrogen) atoms. The van der Waals surface area contributed by atoms with Crippen LogP contribution in [-0.2, 0) is 0 Å². The van der Waals surface area contributed by atoms with Gasteiger partial charge in [-0.1, -0.05) is 6.42 Å². The summed E-state index contributed by atoms with van der Waals surface area (Å²) >= 11 is 1.92. The smallest absolute Gasteiger partial charge is 0.0683 e. The summed E-state index contributed by atoms with van der Waals surface area (Å²) < 4.78 is 0. The molecule has 0 rings (SSSR count). The van der Waals surface area contributed by atoms with Crippen molar-refractivity contribution in [2.75, 3.05) is 25.6 Å². The van der Waals surface area contributed by atoms with E-state index in [0.29, 0.717) is 6.04 Å². The predicted octanol–water partition coefficient (Wildman–Crippen LogP) is 3.78. The first-order valence-corrected chi connectivity index (χ1v) is 7.93. The van der Waals surface area contributed by atoms with Gasteiger partial charge in [0, 0.05) is 6.04 Å². The third-order valence-electron chi connectivity index (χ3n) is 3.36.